The Morgan fingerprint density at radius 2 is 1.43 bits per heavy atom. The number of hydrogen-bond donors (Lipinski definition) is 1. The van der Waals surface area contributed by atoms with Crippen molar-refractivity contribution in [2.75, 3.05) is 0 Å². The van der Waals surface area contributed by atoms with E-state index in [2.05, 4.69) is 4.74 Å². The topological polar surface area (TPSA) is 89.9 Å². The zero-order chi connectivity index (χ0) is 27.6. The van der Waals surface area contributed by atoms with E-state index in [0.717, 1.165) is 30.3 Å². The second-order valence-electron chi connectivity index (χ2n) is 8.02. The summed E-state index contributed by atoms with van der Waals surface area (Å²) in [5, 5.41) is 0. The predicted molar refractivity (Wildman–Crippen MR) is 137 cm³/mol. The van der Waals surface area contributed by atoms with E-state index in [1.165, 1.54) is 62.4 Å². The van der Waals surface area contributed by atoms with Crippen molar-refractivity contribution in [2.45, 2.75) is 34.4 Å². The van der Waals surface area contributed by atoms with Crippen molar-refractivity contribution in [1.29, 1.82) is 0 Å². The van der Waals surface area contributed by atoms with E-state index in [1.807, 2.05) is 0 Å². The van der Waals surface area contributed by atoms with Gasteiger partial charge in [-0.1, -0.05) is 0 Å². The van der Waals surface area contributed by atoms with E-state index in [9.17, 15) is 26.5 Å². The van der Waals surface area contributed by atoms with Gasteiger partial charge in [-0.15, -0.1) is 0 Å². The second-order valence-corrected chi connectivity index (χ2v) is 15.2. The fourth-order valence-electron chi connectivity index (χ4n) is 3.21. The van der Waals surface area contributed by atoms with Crippen LogP contribution in [0.25, 0.3) is 0 Å². The van der Waals surface area contributed by atoms with Crippen LogP contribution in [0, 0.1) is 3.57 Å². The van der Waals surface area contributed by atoms with Crippen LogP contribution < -0.4 is 4.74 Å². The Labute approximate surface area is 221 Å². The maximum atomic E-state index is 15.1. The van der Waals surface area contributed by atoms with E-state index >= 15 is 8.78 Å². The predicted octanol–water partition coefficient (Wildman–Crippen LogP) is 7.12. The van der Waals surface area contributed by atoms with Gasteiger partial charge >= 0.3 is 222 Å². The van der Waals surface area contributed by atoms with Crippen LogP contribution >= 0.6 is 27.6 Å². The first kappa shape index (κ1) is 29.1. The summed E-state index contributed by atoms with van der Waals surface area (Å²) in [5.74, 6) is -1.68. The van der Waals surface area contributed by atoms with E-state index in [-0.39, 0.29) is 9.13 Å². The van der Waals surface area contributed by atoms with Gasteiger partial charge in [0.05, 0.1) is 0 Å². The summed E-state index contributed by atoms with van der Waals surface area (Å²) in [7, 11) is 1.30. The number of rotatable bonds is 9. The van der Waals surface area contributed by atoms with Gasteiger partial charge in [-0.3, -0.25) is 0 Å². The molecule has 0 fully saturated rings. The van der Waals surface area contributed by atoms with Gasteiger partial charge in [-0.05, 0) is 0 Å². The van der Waals surface area contributed by atoms with E-state index in [0.29, 0.717) is 0 Å². The molecule has 6 nitrogen and oxygen atoms in total. The van der Waals surface area contributed by atoms with Crippen molar-refractivity contribution in [3.05, 3.63) is 93.6 Å². The molecule has 0 aromatic heterocycles. The minimum absolute atomic E-state index is 0.0805. The third kappa shape index (κ3) is 6.36. The molecule has 0 atom stereocenters. The number of carbonyl (C=O) groups is 1. The van der Waals surface area contributed by atoms with Crippen LogP contribution in [0.15, 0.2) is 83.8 Å². The zero-order valence-corrected chi connectivity index (χ0v) is 22.9. The quantitative estimate of drug-likeness (QED) is 0.0855. The molecule has 13 heteroatoms. The standard InChI is InChI=1S/C24H20ClF4IO6S/c1-22(2,36-21(31)17-12-6-9-15-20(17)37(32,33)34)18-13-7-8-14-19(18)30(25)23(26,27)24(28,29)35-16-10-4-3-5-11-16/h3-15H,1-2H3,(H,32,33,34). The van der Waals surface area contributed by atoms with Gasteiger partial charge in [0, 0.05) is 0 Å². The van der Waals surface area contributed by atoms with Crippen LogP contribution in [0.1, 0.15) is 29.8 Å². The van der Waals surface area contributed by atoms with E-state index < -0.39 is 66.6 Å². The first-order chi connectivity index (χ1) is 17.1. The van der Waals surface area contributed by atoms with Gasteiger partial charge in [-0.2, -0.15) is 0 Å². The first-order valence-corrected chi connectivity index (χ1v) is 16.7. The summed E-state index contributed by atoms with van der Waals surface area (Å²) in [6, 6.07) is 16.2. The summed E-state index contributed by atoms with van der Waals surface area (Å²) < 4.78 is 96.8. The molecule has 0 spiro atoms. The summed E-state index contributed by atoms with van der Waals surface area (Å²) >= 11 is -4.62. The average Bonchev–Trinajstić information content (AvgIpc) is 2.83. The van der Waals surface area contributed by atoms with Crippen LogP contribution in [0.5, 0.6) is 5.75 Å². The van der Waals surface area contributed by atoms with Crippen LogP contribution in [-0.2, 0) is 20.5 Å². The number of alkyl halides is 5. The Hall–Kier alpha value is -2.42. The molecule has 0 aliphatic heterocycles. The molecule has 0 unspecified atom stereocenters. The fourth-order valence-corrected chi connectivity index (χ4v) is 8.54. The molecule has 0 radical (unpaired) electrons. The summed E-state index contributed by atoms with van der Waals surface area (Å²) in [6.07, 6.45) is -4.96. The number of carbonyl (C=O) groups excluding carboxylic acids is 1. The molecule has 0 amide bonds. The zero-order valence-electron chi connectivity index (χ0n) is 19.2. The fraction of sp³-hybridized carbons (Fsp3) is 0.208. The number of hydrogen-bond acceptors (Lipinski definition) is 5. The molecule has 3 aromatic rings. The molecular formula is C24H20ClF4IO6S. The Morgan fingerprint density at radius 3 is 2.05 bits per heavy atom. The molecule has 37 heavy (non-hydrogen) atoms. The average molecular weight is 675 g/mol. The Bertz CT molecular complexity index is 1390. The monoisotopic (exact) mass is 674 g/mol. The van der Waals surface area contributed by atoms with Crippen molar-refractivity contribution in [3.8, 4) is 5.75 Å². The molecule has 200 valence electrons. The van der Waals surface area contributed by atoms with Crippen molar-refractivity contribution in [1.82, 2.24) is 0 Å². The molecule has 0 saturated carbocycles. The molecule has 3 rings (SSSR count). The summed E-state index contributed by atoms with van der Waals surface area (Å²) in [4.78, 5) is 12.1. The van der Waals surface area contributed by atoms with Crippen molar-refractivity contribution in [2.24, 2.45) is 0 Å². The normalized spacial score (nSPS) is 13.1. The van der Waals surface area contributed by atoms with Gasteiger partial charge in [0.2, 0.25) is 0 Å². The number of esters is 1. The second kappa shape index (κ2) is 10.8. The van der Waals surface area contributed by atoms with Crippen molar-refractivity contribution < 1.29 is 44.8 Å². The van der Waals surface area contributed by atoms with Crippen molar-refractivity contribution >= 4 is 43.7 Å². The first-order valence-electron chi connectivity index (χ1n) is 10.3. The third-order valence-electron chi connectivity index (χ3n) is 4.96. The van der Waals surface area contributed by atoms with Gasteiger partial charge < -0.3 is 0 Å². The number of ether oxygens (including phenoxy) is 2. The SMILES string of the molecule is CC(C)(OC(=O)c1ccccc1S(=O)(=O)O)c1ccccc1I(Cl)C(F)(F)C(F)(F)Oc1ccccc1. The van der Waals surface area contributed by atoms with Gasteiger partial charge in [0.1, 0.15) is 0 Å². The minimum atomic E-state index is -4.96. The molecule has 3 aromatic carbocycles. The summed E-state index contributed by atoms with van der Waals surface area (Å²) in [6.45, 7) is 2.61. The van der Waals surface area contributed by atoms with Crippen LogP contribution in [0.4, 0.5) is 17.6 Å². The molecule has 0 heterocycles. The Kier molecular flexibility index (Phi) is 8.47. The van der Waals surface area contributed by atoms with E-state index in [1.54, 1.807) is 0 Å². The van der Waals surface area contributed by atoms with E-state index in [4.69, 9.17) is 13.6 Å². The van der Waals surface area contributed by atoms with Crippen LogP contribution in [-0.4, -0.2) is 29.0 Å². The van der Waals surface area contributed by atoms with Crippen LogP contribution in [0.2, 0.25) is 0 Å². The molecule has 1 N–H and O–H groups in total. The molecule has 0 bridgehead atoms. The Balaban J connectivity index is 1.96. The summed E-state index contributed by atoms with van der Waals surface area (Å²) in [5.41, 5.74) is -2.32. The molecular weight excluding hydrogens is 655 g/mol. The third-order valence-corrected chi connectivity index (χ3v) is 11.9. The van der Waals surface area contributed by atoms with Crippen LogP contribution in [0.3, 0.4) is 0 Å². The Morgan fingerprint density at radius 1 is 0.892 bits per heavy atom. The maximum absolute atomic E-state index is 15.1. The number of para-hydroxylation sites is 1. The van der Waals surface area contributed by atoms with Gasteiger partial charge in [-0.25, -0.2) is 0 Å². The molecule has 0 saturated heterocycles. The van der Waals surface area contributed by atoms with Gasteiger partial charge in [0.25, 0.3) is 0 Å². The molecule has 0 aliphatic rings. The van der Waals surface area contributed by atoms with Crippen molar-refractivity contribution in [3.63, 3.8) is 0 Å². The van der Waals surface area contributed by atoms with Gasteiger partial charge in [0.15, 0.2) is 0 Å². The number of halogens is 6. The molecule has 0 aliphatic carbocycles. The number of benzene rings is 3.